The maximum absolute atomic E-state index is 3.13. The fraction of sp³-hybridized carbons (Fsp3) is 0.714. The average Bonchev–Trinajstić information content (AvgIpc) is 1.55. The van der Waals surface area contributed by atoms with Crippen molar-refractivity contribution >= 4 is 0 Å². The van der Waals surface area contributed by atoms with Gasteiger partial charge in [-0.2, -0.15) is 0 Å². The molecule has 1 saturated carbocycles. The molecule has 1 rings (SSSR count). The van der Waals surface area contributed by atoms with Crippen molar-refractivity contribution in [2.24, 2.45) is 5.92 Å². The summed E-state index contributed by atoms with van der Waals surface area (Å²) in [7, 11) is 0. The van der Waals surface area contributed by atoms with Crippen LogP contribution in [0.2, 0.25) is 0 Å². The molecule has 0 N–H and O–H groups in total. The Balaban J connectivity index is 2.23. The zero-order chi connectivity index (χ0) is 5.11. The molecule has 0 aromatic carbocycles. The zero-order valence-corrected chi connectivity index (χ0v) is 4.70. The molecule has 0 spiro atoms. The second kappa shape index (κ2) is 2.02. The van der Waals surface area contributed by atoms with Gasteiger partial charge in [-0.1, -0.05) is 6.42 Å². The molecule has 0 radical (unpaired) electrons. The van der Waals surface area contributed by atoms with E-state index in [1.807, 2.05) is 6.92 Å². The van der Waals surface area contributed by atoms with Crippen LogP contribution < -0.4 is 0 Å². The van der Waals surface area contributed by atoms with E-state index in [9.17, 15) is 0 Å². The van der Waals surface area contributed by atoms with Crippen LogP contribution in [0.3, 0.4) is 0 Å². The molecule has 1 aliphatic rings. The summed E-state index contributed by atoms with van der Waals surface area (Å²) in [6.45, 7) is 1.92. The third-order valence-electron chi connectivity index (χ3n) is 1.45. The molecule has 0 heteroatoms. The summed E-state index contributed by atoms with van der Waals surface area (Å²) in [5.74, 6) is 6.82. The van der Waals surface area contributed by atoms with E-state index in [1.165, 1.54) is 19.3 Å². The van der Waals surface area contributed by atoms with Crippen LogP contribution in [0.15, 0.2) is 0 Å². The van der Waals surface area contributed by atoms with Gasteiger partial charge in [-0.15, -0.1) is 11.8 Å². The molecular weight excluding hydrogens is 84.1 g/mol. The van der Waals surface area contributed by atoms with Gasteiger partial charge in [0.15, 0.2) is 0 Å². The molecule has 0 aromatic heterocycles. The van der Waals surface area contributed by atoms with E-state index in [0.29, 0.717) is 0 Å². The molecule has 0 aromatic rings. The fourth-order valence-electron chi connectivity index (χ4n) is 0.757. The Morgan fingerprint density at radius 3 is 2.29 bits per heavy atom. The van der Waals surface area contributed by atoms with Crippen LogP contribution >= 0.6 is 0 Å². The van der Waals surface area contributed by atoms with Gasteiger partial charge in [0.25, 0.3) is 0 Å². The Hall–Kier alpha value is -0.440. The highest BCUT2D eigenvalue weighted by atomic mass is 14.2. The monoisotopic (exact) mass is 94.1 g/mol. The van der Waals surface area contributed by atoms with E-state index in [2.05, 4.69) is 11.8 Å². The minimum absolute atomic E-state index is 0.769. The van der Waals surface area contributed by atoms with Crippen molar-refractivity contribution < 1.29 is 0 Å². The quantitative estimate of drug-likeness (QED) is 0.401. The van der Waals surface area contributed by atoms with E-state index in [1.54, 1.807) is 0 Å². The summed E-state index contributed by atoms with van der Waals surface area (Å²) in [6, 6.07) is 0. The molecule has 0 unspecified atom stereocenters. The van der Waals surface area contributed by atoms with Crippen LogP contribution in [0, 0.1) is 17.8 Å². The van der Waals surface area contributed by atoms with Crippen LogP contribution in [0.4, 0.5) is 0 Å². The summed E-state index contributed by atoms with van der Waals surface area (Å²) < 4.78 is 0. The van der Waals surface area contributed by atoms with Gasteiger partial charge >= 0.3 is 0 Å². The Labute approximate surface area is 44.9 Å². The summed E-state index contributed by atoms with van der Waals surface area (Å²) in [5.41, 5.74) is 0. The van der Waals surface area contributed by atoms with Gasteiger partial charge < -0.3 is 0 Å². The van der Waals surface area contributed by atoms with Gasteiger partial charge in [0.1, 0.15) is 0 Å². The lowest BCUT2D eigenvalue weighted by Crippen LogP contribution is -2.07. The second-order valence-corrected chi connectivity index (χ2v) is 2.02. The van der Waals surface area contributed by atoms with Crippen molar-refractivity contribution in [3.05, 3.63) is 0 Å². The first-order valence-electron chi connectivity index (χ1n) is 2.86. The Morgan fingerprint density at radius 2 is 2.14 bits per heavy atom. The maximum Gasteiger partial charge on any atom is 0.0202 e. The molecule has 0 saturated heterocycles. The van der Waals surface area contributed by atoms with Crippen LogP contribution in [-0.4, -0.2) is 0 Å². The first kappa shape index (κ1) is 4.71. The van der Waals surface area contributed by atoms with E-state index in [4.69, 9.17) is 0 Å². The molecular formula is C7H10. The van der Waals surface area contributed by atoms with E-state index >= 15 is 0 Å². The molecule has 38 valence electrons. The van der Waals surface area contributed by atoms with E-state index in [0.717, 1.165) is 5.92 Å². The van der Waals surface area contributed by atoms with Crippen molar-refractivity contribution in [1.82, 2.24) is 0 Å². The van der Waals surface area contributed by atoms with E-state index in [-0.39, 0.29) is 0 Å². The number of hydrogen-bond acceptors (Lipinski definition) is 0. The SMILES string of the molecule is CC#CC1CCC1. The normalized spacial score (nSPS) is 19.6. The van der Waals surface area contributed by atoms with Crippen LogP contribution in [0.1, 0.15) is 26.2 Å². The van der Waals surface area contributed by atoms with Crippen molar-refractivity contribution in [3.63, 3.8) is 0 Å². The highest BCUT2D eigenvalue weighted by Crippen LogP contribution is 2.24. The molecule has 0 aliphatic heterocycles. The summed E-state index contributed by atoms with van der Waals surface area (Å²) in [5, 5.41) is 0. The predicted molar refractivity (Wildman–Crippen MR) is 30.8 cm³/mol. The molecule has 0 atom stereocenters. The average molecular weight is 94.2 g/mol. The first-order valence-corrected chi connectivity index (χ1v) is 2.86. The lowest BCUT2D eigenvalue weighted by molar-refractivity contribution is 0.401. The third-order valence-corrected chi connectivity index (χ3v) is 1.45. The summed E-state index contributed by atoms with van der Waals surface area (Å²) in [4.78, 5) is 0. The summed E-state index contributed by atoms with van der Waals surface area (Å²) in [6.07, 6.45) is 4.10. The lowest BCUT2D eigenvalue weighted by Gasteiger charge is -2.18. The van der Waals surface area contributed by atoms with Crippen LogP contribution in [0.25, 0.3) is 0 Å². The summed E-state index contributed by atoms with van der Waals surface area (Å²) >= 11 is 0. The second-order valence-electron chi connectivity index (χ2n) is 2.02. The fourth-order valence-corrected chi connectivity index (χ4v) is 0.757. The molecule has 0 nitrogen and oxygen atoms in total. The lowest BCUT2D eigenvalue weighted by atomic mass is 9.86. The maximum atomic E-state index is 3.13. The highest BCUT2D eigenvalue weighted by molar-refractivity contribution is 5.03. The molecule has 0 heterocycles. The predicted octanol–water partition coefficient (Wildman–Crippen LogP) is 1.81. The highest BCUT2D eigenvalue weighted by Gasteiger charge is 2.12. The number of hydrogen-bond donors (Lipinski definition) is 0. The molecule has 1 aliphatic carbocycles. The minimum Gasteiger partial charge on any atom is -0.106 e. The van der Waals surface area contributed by atoms with Gasteiger partial charge in [-0.3, -0.25) is 0 Å². The van der Waals surface area contributed by atoms with Crippen molar-refractivity contribution in [2.75, 3.05) is 0 Å². The molecule has 1 fully saturated rings. The van der Waals surface area contributed by atoms with Crippen molar-refractivity contribution in [3.8, 4) is 11.8 Å². The zero-order valence-electron chi connectivity index (χ0n) is 4.70. The largest absolute Gasteiger partial charge is 0.106 e. The van der Waals surface area contributed by atoms with Crippen molar-refractivity contribution in [1.29, 1.82) is 0 Å². The Bertz CT molecular complexity index is 98.9. The standard InChI is InChI=1S/C7H10/c1-2-4-7-5-3-6-7/h7H,3,5-6H2,1H3. The topological polar surface area (TPSA) is 0 Å². The van der Waals surface area contributed by atoms with Gasteiger partial charge in [-0.25, -0.2) is 0 Å². The third kappa shape index (κ3) is 0.962. The van der Waals surface area contributed by atoms with Gasteiger partial charge in [-0.05, 0) is 19.8 Å². The first-order chi connectivity index (χ1) is 3.43. The van der Waals surface area contributed by atoms with Gasteiger partial charge in [0.05, 0.1) is 0 Å². The smallest absolute Gasteiger partial charge is 0.0202 e. The minimum atomic E-state index is 0.769. The Kier molecular flexibility index (Phi) is 1.36. The van der Waals surface area contributed by atoms with Crippen LogP contribution in [0.5, 0.6) is 0 Å². The Morgan fingerprint density at radius 1 is 1.43 bits per heavy atom. The van der Waals surface area contributed by atoms with Gasteiger partial charge in [0, 0.05) is 5.92 Å². The van der Waals surface area contributed by atoms with Gasteiger partial charge in [0.2, 0.25) is 0 Å². The van der Waals surface area contributed by atoms with Crippen LogP contribution in [-0.2, 0) is 0 Å². The molecule has 0 bridgehead atoms. The number of rotatable bonds is 0. The van der Waals surface area contributed by atoms with Crippen molar-refractivity contribution in [2.45, 2.75) is 26.2 Å². The van der Waals surface area contributed by atoms with E-state index < -0.39 is 0 Å². The molecule has 7 heavy (non-hydrogen) atoms. The molecule has 0 amide bonds.